The molecule has 0 aromatic heterocycles. The lowest BCUT2D eigenvalue weighted by atomic mass is 9.79. The highest BCUT2D eigenvalue weighted by molar-refractivity contribution is 7.80. The van der Waals surface area contributed by atoms with Crippen LogP contribution in [-0.4, -0.2) is 55.3 Å². The van der Waals surface area contributed by atoms with Crippen LogP contribution in [0.5, 0.6) is 5.75 Å². The predicted molar refractivity (Wildman–Crippen MR) is 139 cm³/mol. The molecule has 0 bridgehead atoms. The molecule has 4 atom stereocenters. The maximum atomic E-state index is 12.9. The fourth-order valence-electron chi connectivity index (χ4n) is 3.83. The van der Waals surface area contributed by atoms with Crippen molar-refractivity contribution in [1.82, 2.24) is 10.2 Å². The van der Waals surface area contributed by atoms with Gasteiger partial charge in [-0.25, -0.2) is 0 Å². The van der Waals surface area contributed by atoms with Crippen LogP contribution < -0.4 is 10.1 Å². The zero-order valence-electron chi connectivity index (χ0n) is 21.5. The molecule has 0 saturated carbocycles. The summed E-state index contributed by atoms with van der Waals surface area (Å²) >= 11 is 5.62. The topological polar surface area (TPSA) is 67.9 Å². The van der Waals surface area contributed by atoms with E-state index in [1.54, 1.807) is 17.0 Å². The quantitative estimate of drug-likeness (QED) is 0.297. The molecule has 1 aromatic rings. The van der Waals surface area contributed by atoms with Crippen LogP contribution in [0.4, 0.5) is 0 Å². The molecule has 1 aliphatic rings. The van der Waals surface area contributed by atoms with Gasteiger partial charge in [-0.1, -0.05) is 39.8 Å². The number of carbonyl (C=O) groups excluding carboxylic acids is 2. The Balaban J connectivity index is 2.15. The summed E-state index contributed by atoms with van der Waals surface area (Å²) in [5.41, 5.74) is 0.486. The smallest absolute Gasteiger partial charge is 0.257 e. The van der Waals surface area contributed by atoms with Gasteiger partial charge in [-0.2, -0.15) is 0 Å². The molecule has 1 heterocycles. The lowest BCUT2D eigenvalue weighted by Crippen LogP contribution is -2.66. The fourth-order valence-corrected chi connectivity index (χ4v) is 5.50. The fraction of sp³-hybridized carbons (Fsp3) is 0.640. The van der Waals surface area contributed by atoms with Crippen LogP contribution in [0.3, 0.4) is 0 Å². The van der Waals surface area contributed by atoms with Gasteiger partial charge in [0.2, 0.25) is 5.91 Å². The number of nitrogens with one attached hydrogen (secondary N) is 1. The van der Waals surface area contributed by atoms with E-state index < -0.39 is 8.32 Å². The van der Waals surface area contributed by atoms with Crippen LogP contribution >= 0.6 is 12.2 Å². The van der Waals surface area contributed by atoms with Gasteiger partial charge < -0.3 is 19.4 Å². The van der Waals surface area contributed by atoms with Gasteiger partial charge in [0, 0.05) is 19.0 Å². The SMILES string of the molecule is CCN(CC)C(=O)c1ccccc1OC(=S)[C@H](C)[C@H]1NC(=O)[C@@H]1[C@@H](C)O[Si](C)(C)C(C)(C)C. The van der Waals surface area contributed by atoms with Crippen molar-refractivity contribution < 1.29 is 18.8 Å². The van der Waals surface area contributed by atoms with E-state index in [-0.39, 0.29) is 40.8 Å². The number of para-hydroxylation sites is 1. The molecule has 184 valence electrons. The van der Waals surface area contributed by atoms with Crippen molar-refractivity contribution in [3.05, 3.63) is 29.8 Å². The van der Waals surface area contributed by atoms with Gasteiger partial charge in [0.05, 0.1) is 23.6 Å². The third-order valence-corrected chi connectivity index (χ3v) is 12.1. The number of rotatable bonds is 9. The Hall–Kier alpha value is -1.77. The van der Waals surface area contributed by atoms with Crippen LogP contribution in [0.1, 0.15) is 58.8 Å². The minimum absolute atomic E-state index is 0.0158. The van der Waals surface area contributed by atoms with Gasteiger partial charge in [0.1, 0.15) is 5.75 Å². The summed E-state index contributed by atoms with van der Waals surface area (Å²) in [4.78, 5) is 27.1. The number of thiocarbonyl (C=S) groups is 1. The molecule has 0 aliphatic carbocycles. The average molecular weight is 493 g/mol. The number of hydrogen-bond acceptors (Lipinski definition) is 5. The summed E-state index contributed by atoms with van der Waals surface area (Å²) < 4.78 is 12.5. The molecule has 6 nitrogen and oxygen atoms in total. The van der Waals surface area contributed by atoms with Crippen LogP contribution in [0.15, 0.2) is 24.3 Å². The lowest BCUT2D eigenvalue weighted by molar-refractivity contribution is -0.141. The first-order chi connectivity index (χ1) is 15.2. The number of amides is 2. The van der Waals surface area contributed by atoms with E-state index in [1.165, 1.54) is 0 Å². The monoisotopic (exact) mass is 492 g/mol. The molecule has 2 rings (SSSR count). The summed E-state index contributed by atoms with van der Waals surface area (Å²) in [5.74, 6) is -0.165. The number of ether oxygens (including phenoxy) is 1. The van der Waals surface area contributed by atoms with Crippen LogP contribution in [0.2, 0.25) is 18.1 Å². The van der Waals surface area contributed by atoms with E-state index in [0.29, 0.717) is 29.5 Å². The second-order valence-corrected chi connectivity index (χ2v) is 15.5. The van der Waals surface area contributed by atoms with Crippen molar-refractivity contribution in [3.63, 3.8) is 0 Å². The third-order valence-electron chi connectivity index (χ3n) is 7.08. The number of hydrogen-bond donors (Lipinski definition) is 1. The largest absolute Gasteiger partial charge is 0.449 e. The van der Waals surface area contributed by atoms with Gasteiger partial charge in [-0.15, -0.1) is 0 Å². The number of benzene rings is 1. The van der Waals surface area contributed by atoms with E-state index in [2.05, 4.69) is 39.2 Å². The van der Waals surface area contributed by atoms with E-state index in [4.69, 9.17) is 21.4 Å². The van der Waals surface area contributed by atoms with Crippen LogP contribution in [0, 0.1) is 11.8 Å². The van der Waals surface area contributed by atoms with Crippen molar-refractivity contribution >= 4 is 37.4 Å². The Morgan fingerprint density at radius 1 is 1.18 bits per heavy atom. The van der Waals surface area contributed by atoms with Gasteiger partial charge in [-0.3, -0.25) is 9.59 Å². The summed E-state index contributed by atoms with van der Waals surface area (Å²) in [7, 11) is -2.02. The van der Waals surface area contributed by atoms with Crippen LogP contribution in [0.25, 0.3) is 0 Å². The molecule has 1 fully saturated rings. The molecule has 1 saturated heterocycles. The second kappa shape index (κ2) is 10.7. The van der Waals surface area contributed by atoms with Gasteiger partial charge >= 0.3 is 0 Å². The molecule has 33 heavy (non-hydrogen) atoms. The van der Waals surface area contributed by atoms with Gasteiger partial charge in [0.25, 0.3) is 5.91 Å². The minimum atomic E-state index is -2.02. The van der Waals surface area contributed by atoms with Crippen molar-refractivity contribution in [2.24, 2.45) is 11.8 Å². The van der Waals surface area contributed by atoms with Crippen molar-refractivity contribution in [2.45, 2.75) is 78.7 Å². The number of nitrogens with zero attached hydrogens (tertiary/aromatic N) is 1. The van der Waals surface area contributed by atoms with Crippen molar-refractivity contribution in [1.29, 1.82) is 0 Å². The summed E-state index contributed by atoms with van der Waals surface area (Å²) in [5, 5.41) is 3.40. The Kier molecular flexibility index (Phi) is 8.87. The maximum Gasteiger partial charge on any atom is 0.257 e. The summed E-state index contributed by atoms with van der Waals surface area (Å²) in [6, 6.07) is 6.99. The predicted octanol–water partition coefficient (Wildman–Crippen LogP) is 5.04. The van der Waals surface area contributed by atoms with E-state index >= 15 is 0 Å². The lowest BCUT2D eigenvalue weighted by Gasteiger charge is -2.47. The molecular formula is C25H40N2O4SSi. The standard InChI is InChI=1S/C25H40N2O4SSi/c1-10-27(11-2)23(29)18-14-12-13-15-19(18)30-24(32)16(3)21-20(22(28)26-21)17(4)31-33(8,9)25(5,6)7/h12-17,20-21H,10-11H2,1-9H3,(H,26,28)/t16-,17-,20-,21-/m1/s1. The third kappa shape index (κ3) is 6.02. The first-order valence-electron chi connectivity index (χ1n) is 11.8. The van der Waals surface area contributed by atoms with Gasteiger partial charge in [-0.05, 0) is 63.3 Å². The summed E-state index contributed by atoms with van der Waals surface area (Å²) in [6.45, 7) is 20.0. The molecule has 0 radical (unpaired) electrons. The minimum Gasteiger partial charge on any atom is -0.449 e. The van der Waals surface area contributed by atoms with Crippen LogP contribution in [-0.2, 0) is 9.22 Å². The Morgan fingerprint density at radius 3 is 2.27 bits per heavy atom. The number of carbonyl (C=O) groups is 2. The molecule has 0 spiro atoms. The molecule has 1 aliphatic heterocycles. The maximum absolute atomic E-state index is 12.9. The molecule has 1 N–H and O–H groups in total. The Morgan fingerprint density at radius 2 is 1.76 bits per heavy atom. The van der Waals surface area contributed by atoms with Crippen molar-refractivity contribution in [2.75, 3.05) is 13.1 Å². The zero-order chi connectivity index (χ0) is 25.1. The number of β-lactam (4-membered cyclic amide) rings is 1. The normalized spacial score (nSPS) is 20.3. The zero-order valence-corrected chi connectivity index (χ0v) is 23.3. The highest BCUT2D eigenvalue weighted by Gasteiger charge is 2.50. The highest BCUT2D eigenvalue weighted by Crippen LogP contribution is 2.39. The Bertz CT molecular complexity index is 879. The molecule has 8 heteroatoms. The van der Waals surface area contributed by atoms with E-state index in [9.17, 15) is 9.59 Å². The highest BCUT2D eigenvalue weighted by atomic mass is 32.1. The Labute approximate surface area is 205 Å². The molecule has 1 aromatic carbocycles. The second-order valence-electron chi connectivity index (χ2n) is 10.3. The average Bonchev–Trinajstić information content (AvgIpc) is 2.71. The molecular weight excluding hydrogens is 452 g/mol. The first kappa shape index (κ1) is 27.5. The van der Waals surface area contributed by atoms with E-state index in [1.807, 2.05) is 39.8 Å². The van der Waals surface area contributed by atoms with Crippen molar-refractivity contribution in [3.8, 4) is 5.75 Å². The molecule has 0 unspecified atom stereocenters. The van der Waals surface area contributed by atoms with E-state index in [0.717, 1.165) is 0 Å². The summed E-state index contributed by atoms with van der Waals surface area (Å²) in [6.07, 6.45) is -0.216. The molecule has 2 amide bonds. The first-order valence-corrected chi connectivity index (χ1v) is 15.1. The van der Waals surface area contributed by atoms with Gasteiger partial charge in [0.15, 0.2) is 13.4 Å².